The smallest absolute Gasteiger partial charge is 0.305 e. The molecule has 0 bridgehead atoms. The van der Waals surface area contributed by atoms with Crippen molar-refractivity contribution in [3.8, 4) is 11.1 Å². The summed E-state index contributed by atoms with van der Waals surface area (Å²) in [7, 11) is 3.33. The summed E-state index contributed by atoms with van der Waals surface area (Å²) in [6.45, 7) is 7.10. The topological polar surface area (TPSA) is 46.6 Å². The molecule has 0 saturated carbocycles. The van der Waals surface area contributed by atoms with Gasteiger partial charge in [-0.15, -0.1) is 0 Å². The normalized spacial score (nSPS) is 10.8. The van der Waals surface area contributed by atoms with Crippen LogP contribution in [0.15, 0.2) is 36.4 Å². The maximum absolute atomic E-state index is 12.4. The van der Waals surface area contributed by atoms with Crippen LogP contribution in [0.3, 0.4) is 0 Å². The molecule has 32 heavy (non-hydrogen) atoms. The number of hydrogen-bond acceptors (Lipinski definition) is 3. The van der Waals surface area contributed by atoms with Gasteiger partial charge < -0.3 is 9.64 Å². The van der Waals surface area contributed by atoms with Crippen LogP contribution in [-0.2, 0) is 40.1 Å². The fourth-order valence-electron chi connectivity index (χ4n) is 4.17. The Balaban J connectivity index is 2.24. The van der Waals surface area contributed by atoms with Crippen molar-refractivity contribution in [2.45, 2.75) is 78.7 Å². The van der Waals surface area contributed by atoms with Crippen LogP contribution >= 0.6 is 0 Å². The maximum atomic E-state index is 12.4. The maximum Gasteiger partial charge on any atom is 0.305 e. The van der Waals surface area contributed by atoms with Gasteiger partial charge in [0.15, 0.2) is 0 Å². The molecule has 1 amide bonds. The van der Waals surface area contributed by atoms with Gasteiger partial charge >= 0.3 is 5.97 Å². The Bertz CT molecular complexity index is 878. The van der Waals surface area contributed by atoms with Gasteiger partial charge in [-0.2, -0.15) is 0 Å². The zero-order chi connectivity index (χ0) is 23.5. The molecule has 2 rings (SSSR count). The quantitative estimate of drug-likeness (QED) is 0.297. The van der Waals surface area contributed by atoms with Crippen molar-refractivity contribution >= 4 is 11.9 Å². The number of esters is 1. The molecule has 0 unspecified atom stereocenters. The van der Waals surface area contributed by atoms with E-state index < -0.39 is 0 Å². The Kier molecular flexibility index (Phi) is 10.5. The van der Waals surface area contributed by atoms with Crippen LogP contribution in [-0.4, -0.2) is 30.9 Å². The summed E-state index contributed by atoms with van der Waals surface area (Å²) in [5.41, 5.74) is 7.35. The Morgan fingerprint density at radius 3 is 2.19 bits per heavy atom. The van der Waals surface area contributed by atoms with Crippen molar-refractivity contribution in [2.24, 2.45) is 0 Å². The molecule has 0 spiro atoms. The molecule has 0 saturated heterocycles. The second-order valence-electron chi connectivity index (χ2n) is 8.46. The number of carbonyl (C=O) groups excluding carboxylic acids is 2. The molecule has 4 nitrogen and oxygen atoms in total. The van der Waals surface area contributed by atoms with Gasteiger partial charge in [-0.3, -0.25) is 9.59 Å². The molecule has 2 aromatic carbocycles. The molecular weight excluding hydrogens is 398 g/mol. The van der Waals surface area contributed by atoms with Crippen LogP contribution in [0, 0.1) is 0 Å². The number of ether oxygens (including phenoxy) is 1. The number of rotatable bonds is 12. The first kappa shape index (κ1) is 25.6. The lowest BCUT2D eigenvalue weighted by molar-refractivity contribution is -0.140. The van der Waals surface area contributed by atoms with Crippen molar-refractivity contribution in [2.75, 3.05) is 14.2 Å². The first-order valence-corrected chi connectivity index (χ1v) is 12.0. The second kappa shape index (κ2) is 13.0. The fourth-order valence-corrected chi connectivity index (χ4v) is 4.17. The van der Waals surface area contributed by atoms with Gasteiger partial charge in [-0.25, -0.2) is 0 Å². The van der Waals surface area contributed by atoms with Gasteiger partial charge in [-0.1, -0.05) is 63.9 Å². The average molecular weight is 438 g/mol. The van der Waals surface area contributed by atoms with E-state index in [1.807, 2.05) is 11.9 Å². The van der Waals surface area contributed by atoms with Gasteiger partial charge in [0.05, 0.1) is 7.11 Å². The highest BCUT2D eigenvalue weighted by atomic mass is 16.5. The molecular formula is C28H39NO3. The van der Waals surface area contributed by atoms with Crippen LogP contribution in [0.2, 0.25) is 0 Å². The van der Waals surface area contributed by atoms with E-state index in [-0.39, 0.29) is 11.9 Å². The summed E-state index contributed by atoms with van der Waals surface area (Å²) in [6.07, 6.45) is 6.77. The van der Waals surface area contributed by atoms with E-state index in [0.29, 0.717) is 25.8 Å². The van der Waals surface area contributed by atoms with Crippen molar-refractivity contribution in [1.29, 1.82) is 0 Å². The highest BCUT2D eigenvalue weighted by Crippen LogP contribution is 2.29. The van der Waals surface area contributed by atoms with Gasteiger partial charge in [-0.05, 0) is 65.1 Å². The van der Waals surface area contributed by atoms with Crippen molar-refractivity contribution in [3.05, 3.63) is 58.7 Å². The minimum atomic E-state index is -0.167. The number of carbonyl (C=O) groups is 2. The molecule has 0 fully saturated rings. The Morgan fingerprint density at radius 1 is 0.906 bits per heavy atom. The predicted octanol–water partition coefficient (Wildman–Crippen LogP) is 6.12. The van der Waals surface area contributed by atoms with Crippen LogP contribution in [0.25, 0.3) is 11.1 Å². The van der Waals surface area contributed by atoms with Crippen LogP contribution < -0.4 is 0 Å². The molecule has 0 aromatic heterocycles. The number of nitrogens with zero attached hydrogens (tertiary/aromatic N) is 1. The second-order valence-corrected chi connectivity index (χ2v) is 8.46. The van der Waals surface area contributed by atoms with E-state index in [1.54, 1.807) is 0 Å². The number of hydrogen-bond donors (Lipinski definition) is 0. The Morgan fingerprint density at radius 2 is 1.59 bits per heavy atom. The molecule has 0 heterocycles. The van der Waals surface area contributed by atoms with Gasteiger partial charge in [0.1, 0.15) is 0 Å². The summed E-state index contributed by atoms with van der Waals surface area (Å²) in [5.74, 6) is 0.0413. The van der Waals surface area contributed by atoms with Crippen molar-refractivity contribution < 1.29 is 14.3 Å². The summed E-state index contributed by atoms with van der Waals surface area (Å²) >= 11 is 0. The SMILES string of the molecule is CCCCCC(=O)N(C)Cc1cccc(-c2cc(CC)c(CCC(=O)OC)c(CC)c2)c1. The average Bonchev–Trinajstić information content (AvgIpc) is 2.81. The van der Waals surface area contributed by atoms with Crippen molar-refractivity contribution in [3.63, 3.8) is 0 Å². The number of methoxy groups -OCH3 is 1. The Labute approximate surface area is 194 Å². The van der Waals surface area contributed by atoms with Crippen LogP contribution in [0.1, 0.15) is 75.1 Å². The van der Waals surface area contributed by atoms with Gasteiger partial charge in [0, 0.05) is 26.4 Å². The third-order valence-corrected chi connectivity index (χ3v) is 6.10. The summed E-state index contributed by atoms with van der Waals surface area (Å²) in [4.78, 5) is 25.9. The first-order chi connectivity index (χ1) is 15.4. The predicted molar refractivity (Wildman–Crippen MR) is 132 cm³/mol. The Hall–Kier alpha value is -2.62. The van der Waals surface area contributed by atoms with E-state index in [0.717, 1.165) is 37.7 Å². The first-order valence-electron chi connectivity index (χ1n) is 12.0. The van der Waals surface area contributed by atoms with Crippen LogP contribution in [0.5, 0.6) is 0 Å². The standard InChI is InChI=1S/C28H39NO3/c1-6-9-10-14-27(30)29(4)20-21-12-11-13-24(17-21)25-18-22(7-2)26(23(8-3)19-25)15-16-28(31)32-5/h11-13,17-19H,6-10,14-16,20H2,1-5H3. The third kappa shape index (κ3) is 7.22. The molecule has 0 radical (unpaired) electrons. The minimum absolute atomic E-state index is 0.167. The lowest BCUT2D eigenvalue weighted by Crippen LogP contribution is -2.25. The fraction of sp³-hybridized carbons (Fsp3) is 0.500. The van der Waals surface area contributed by atoms with Gasteiger partial charge in [0.2, 0.25) is 5.91 Å². The summed E-state index contributed by atoms with van der Waals surface area (Å²) in [6, 6.07) is 13.0. The molecule has 0 aliphatic heterocycles. The zero-order valence-electron chi connectivity index (χ0n) is 20.5. The number of aryl methyl sites for hydroxylation is 2. The van der Waals surface area contributed by atoms with E-state index in [2.05, 4.69) is 57.2 Å². The minimum Gasteiger partial charge on any atom is -0.469 e. The summed E-state index contributed by atoms with van der Waals surface area (Å²) in [5, 5.41) is 0. The largest absolute Gasteiger partial charge is 0.469 e. The van der Waals surface area contributed by atoms with Crippen molar-refractivity contribution in [1.82, 2.24) is 4.90 Å². The highest BCUT2D eigenvalue weighted by molar-refractivity contribution is 5.76. The van der Waals surface area contributed by atoms with E-state index in [4.69, 9.17) is 4.74 Å². The lowest BCUT2D eigenvalue weighted by atomic mass is 9.89. The lowest BCUT2D eigenvalue weighted by Gasteiger charge is -2.19. The number of amides is 1. The summed E-state index contributed by atoms with van der Waals surface area (Å²) < 4.78 is 4.83. The zero-order valence-corrected chi connectivity index (χ0v) is 20.5. The van der Waals surface area contributed by atoms with E-state index >= 15 is 0 Å². The number of unbranched alkanes of at least 4 members (excludes halogenated alkanes) is 2. The van der Waals surface area contributed by atoms with E-state index in [9.17, 15) is 9.59 Å². The van der Waals surface area contributed by atoms with E-state index in [1.165, 1.54) is 34.9 Å². The van der Waals surface area contributed by atoms with Crippen LogP contribution in [0.4, 0.5) is 0 Å². The molecule has 174 valence electrons. The third-order valence-electron chi connectivity index (χ3n) is 6.10. The molecule has 0 aliphatic carbocycles. The molecule has 2 aromatic rings. The highest BCUT2D eigenvalue weighted by Gasteiger charge is 2.14. The molecule has 0 N–H and O–H groups in total. The monoisotopic (exact) mass is 437 g/mol. The molecule has 0 aliphatic rings. The molecule has 0 atom stereocenters. The van der Waals surface area contributed by atoms with Gasteiger partial charge in [0.25, 0.3) is 0 Å². The molecule has 4 heteroatoms. The number of benzene rings is 2.